The van der Waals surface area contributed by atoms with Gasteiger partial charge in [-0.3, -0.25) is 4.90 Å². The lowest BCUT2D eigenvalue weighted by molar-refractivity contribution is -0.0252. The van der Waals surface area contributed by atoms with Gasteiger partial charge in [0.2, 0.25) is 0 Å². The summed E-state index contributed by atoms with van der Waals surface area (Å²) in [5, 5.41) is 3.43. The smallest absolute Gasteiger partial charge is 0.0601 e. The molecule has 0 unspecified atom stereocenters. The summed E-state index contributed by atoms with van der Waals surface area (Å²) in [7, 11) is 1.82. The predicted molar refractivity (Wildman–Crippen MR) is 52.9 cm³/mol. The Labute approximate surface area is 80.4 Å². The van der Waals surface area contributed by atoms with Crippen LogP contribution in [0.2, 0.25) is 0 Å². The molecule has 13 heavy (non-hydrogen) atoms. The van der Waals surface area contributed by atoms with E-state index in [1.807, 2.05) is 7.11 Å². The van der Waals surface area contributed by atoms with E-state index < -0.39 is 0 Å². The van der Waals surface area contributed by atoms with Gasteiger partial charge in [0.05, 0.1) is 6.10 Å². The van der Waals surface area contributed by atoms with Crippen molar-refractivity contribution in [2.24, 2.45) is 0 Å². The lowest BCUT2D eigenvalue weighted by Crippen LogP contribution is -2.48. The second-order valence-electron chi connectivity index (χ2n) is 4.12. The maximum absolute atomic E-state index is 5.30. The number of nitrogens with zero attached hydrogens (tertiary/aromatic N) is 1. The zero-order valence-corrected chi connectivity index (χ0v) is 8.46. The fourth-order valence-corrected chi connectivity index (χ4v) is 2.26. The average Bonchev–Trinajstić information content (AvgIpc) is 2.31. The van der Waals surface area contributed by atoms with Crippen LogP contribution in [0.25, 0.3) is 0 Å². The molecule has 76 valence electrons. The van der Waals surface area contributed by atoms with Crippen LogP contribution < -0.4 is 5.32 Å². The lowest BCUT2D eigenvalue weighted by Gasteiger charge is -2.41. The van der Waals surface area contributed by atoms with Crippen LogP contribution >= 0.6 is 0 Å². The molecule has 0 radical (unpaired) electrons. The summed E-state index contributed by atoms with van der Waals surface area (Å²) in [5.41, 5.74) is 0. The highest BCUT2D eigenvalue weighted by Crippen LogP contribution is 2.27. The molecule has 1 N–H and O–H groups in total. The van der Waals surface area contributed by atoms with Crippen molar-refractivity contribution in [3.8, 4) is 0 Å². The van der Waals surface area contributed by atoms with Gasteiger partial charge in [0, 0.05) is 26.2 Å². The third kappa shape index (κ3) is 2.22. The molecule has 1 aliphatic heterocycles. The Kier molecular flexibility index (Phi) is 3.19. The van der Waals surface area contributed by atoms with Crippen LogP contribution in [0.5, 0.6) is 0 Å². The molecular weight excluding hydrogens is 164 g/mol. The van der Waals surface area contributed by atoms with Crippen LogP contribution in [-0.4, -0.2) is 50.3 Å². The monoisotopic (exact) mass is 184 g/mol. The molecule has 0 atom stereocenters. The van der Waals surface area contributed by atoms with Crippen molar-refractivity contribution >= 4 is 0 Å². The summed E-state index contributed by atoms with van der Waals surface area (Å²) in [6, 6.07) is 0.810. The molecule has 2 rings (SSSR count). The molecule has 3 heteroatoms. The fraction of sp³-hybridized carbons (Fsp3) is 1.00. The summed E-state index contributed by atoms with van der Waals surface area (Å²) in [5.74, 6) is 0. The number of ether oxygens (including phenoxy) is 1. The molecule has 0 bridgehead atoms. The second kappa shape index (κ2) is 4.40. The molecule has 2 fully saturated rings. The van der Waals surface area contributed by atoms with Gasteiger partial charge in [-0.25, -0.2) is 0 Å². The first-order valence-electron chi connectivity index (χ1n) is 5.37. The van der Waals surface area contributed by atoms with Crippen molar-refractivity contribution in [2.45, 2.75) is 31.4 Å². The number of hydrogen-bond donors (Lipinski definition) is 1. The summed E-state index contributed by atoms with van der Waals surface area (Å²) in [6.45, 7) is 4.85. The lowest BCUT2D eigenvalue weighted by atomic mass is 9.87. The van der Waals surface area contributed by atoms with Gasteiger partial charge in [-0.05, 0) is 32.4 Å². The number of rotatable bonds is 2. The minimum Gasteiger partial charge on any atom is -0.381 e. The molecule has 0 aromatic rings. The first-order chi connectivity index (χ1) is 6.40. The molecule has 0 amide bonds. The Morgan fingerprint density at radius 2 is 2.08 bits per heavy atom. The molecule has 1 aliphatic carbocycles. The molecule has 0 spiro atoms. The van der Waals surface area contributed by atoms with E-state index in [0.29, 0.717) is 6.10 Å². The summed E-state index contributed by atoms with van der Waals surface area (Å²) in [4.78, 5) is 2.62. The molecule has 1 saturated heterocycles. The first-order valence-corrected chi connectivity index (χ1v) is 5.37. The van der Waals surface area contributed by atoms with Crippen molar-refractivity contribution in [3.05, 3.63) is 0 Å². The van der Waals surface area contributed by atoms with Gasteiger partial charge in [0.15, 0.2) is 0 Å². The van der Waals surface area contributed by atoms with Crippen LogP contribution in [0, 0.1) is 0 Å². The first kappa shape index (κ1) is 9.44. The Balaban J connectivity index is 1.74. The topological polar surface area (TPSA) is 24.5 Å². The van der Waals surface area contributed by atoms with E-state index >= 15 is 0 Å². The van der Waals surface area contributed by atoms with Gasteiger partial charge in [0.1, 0.15) is 0 Å². The van der Waals surface area contributed by atoms with E-state index in [1.54, 1.807) is 0 Å². The Hall–Kier alpha value is -0.120. The van der Waals surface area contributed by atoms with Crippen LogP contribution in [0.3, 0.4) is 0 Å². The van der Waals surface area contributed by atoms with Crippen molar-refractivity contribution in [2.75, 3.05) is 33.3 Å². The van der Waals surface area contributed by atoms with Crippen molar-refractivity contribution in [1.29, 1.82) is 0 Å². The molecule has 1 saturated carbocycles. The third-order valence-electron chi connectivity index (χ3n) is 3.29. The van der Waals surface area contributed by atoms with Crippen LogP contribution in [0.15, 0.2) is 0 Å². The SMILES string of the molecule is COC1CC(N2CCCNCC2)C1. The Bertz CT molecular complexity index is 149. The van der Waals surface area contributed by atoms with E-state index in [0.717, 1.165) is 12.6 Å². The Morgan fingerprint density at radius 3 is 2.85 bits per heavy atom. The fourth-order valence-electron chi connectivity index (χ4n) is 2.26. The maximum atomic E-state index is 5.30. The quantitative estimate of drug-likeness (QED) is 0.675. The minimum atomic E-state index is 0.543. The summed E-state index contributed by atoms with van der Waals surface area (Å²) in [6.07, 6.45) is 4.34. The largest absolute Gasteiger partial charge is 0.381 e. The highest BCUT2D eigenvalue weighted by atomic mass is 16.5. The zero-order chi connectivity index (χ0) is 9.10. The van der Waals surface area contributed by atoms with E-state index in [-0.39, 0.29) is 0 Å². The summed E-state index contributed by atoms with van der Waals surface area (Å²) < 4.78 is 5.30. The third-order valence-corrected chi connectivity index (χ3v) is 3.29. The molecule has 0 aromatic heterocycles. The summed E-state index contributed by atoms with van der Waals surface area (Å²) >= 11 is 0. The number of hydrogen-bond acceptors (Lipinski definition) is 3. The van der Waals surface area contributed by atoms with E-state index in [4.69, 9.17) is 4.74 Å². The maximum Gasteiger partial charge on any atom is 0.0601 e. The number of nitrogens with one attached hydrogen (secondary N) is 1. The number of methoxy groups -OCH3 is 1. The normalized spacial score (nSPS) is 36.7. The van der Waals surface area contributed by atoms with E-state index in [9.17, 15) is 0 Å². The highest BCUT2D eigenvalue weighted by Gasteiger charge is 2.33. The van der Waals surface area contributed by atoms with Crippen molar-refractivity contribution < 1.29 is 4.74 Å². The predicted octanol–water partition coefficient (Wildman–Crippen LogP) is 0.459. The van der Waals surface area contributed by atoms with Gasteiger partial charge < -0.3 is 10.1 Å². The minimum absolute atomic E-state index is 0.543. The van der Waals surface area contributed by atoms with Gasteiger partial charge in [-0.2, -0.15) is 0 Å². The van der Waals surface area contributed by atoms with E-state index in [2.05, 4.69) is 10.2 Å². The van der Waals surface area contributed by atoms with Crippen molar-refractivity contribution in [3.63, 3.8) is 0 Å². The van der Waals surface area contributed by atoms with Crippen molar-refractivity contribution in [1.82, 2.24) is 10.2 Å². The Morgan fingerprint density at radius 1 is 1.23 bits per heavy atom. The van der Waals surface area contributed by atoms with Gasteiger partial charge >= 0.3 is 0 Å². The highest BCUT2D eigenvalue weighted by molar-refractivity contribution is 4.88. The van der Waals surface area contributed by atoms with Crippen LogP contribution in [-0.2, 0) is 4.74 Å². The van der Waals surface area contributed by atoms with Crippen LogP contribution in [0.1, 0.15) is 19.3 Å². The second-order valence-corrected chi connectivity index (χ2v) is 4.12. The van der Waals surface area contributed by atoms with E-state index in [1.165, 1.54) is 38.9 Å². The molecule has 0 aromatic carbocycles. The standard InChI is InChI=1S/C10H20N2O/c1-13-10-7-9(8-10)12-5-2-3-11-4-6-12/h9-11H,2-8H2,1H3. The molecule has 3 nitrogen and oxygen atoms in total. The molecule has 2 aliphatic rings. The van der Waals surface area contributed by atoms with Gasteiger partial charge in [0.25, 0.3) is 0 Å². The van der Waals surface area contributed by atoms with Crippen LogP contribution in [0.4, 0.5) is 0 Å². The van der Waals surface area contributed by atoms with Gasteiger partial charge in [-0.1, -0.05) is 0 Å². The molecule has 1 heterocycles. The zero-order valence-electron chi connectivity index (χ0n) is 8.46. The molecular formula is C10H20N2O. The average molecular weight is 184 g/mol. The van der Waals surface area contributed by atoms with Gasteiger partial charge in [-0.15, -0.1) is 0 Å².